The SMILES string of the molecule is CN=C(NCCS(=O)(=O)N1CCSCC1)NC1CCc2nc(C)nn2C1.I. The Balaban J connectivity index is 0.00000261. The van der Waals surface area contributed by atoms with Gasteiger partial charge in [0.05, 0.1) is 12.3 Å². The third-order valence-electron chi connectivity index (χ3n) is 4.54. The number of aryl methyl sites for hydroxylation is 2. The monoisotopic (exact) mass is 529 g/mol. The fraction of sp³-hybridized carbons (Fsp3) is 0.800. The molecule has 3 heterocycles. The van der Waals surface area contributed by atoms with Crippen LogP contribution in [-0.4, -0.2) is 83.4 Å². The van der Waals surface area contributed by atoms with Gasteiger partial charge in [-0.15, -0.1) is 24.0 Å². The summed E-state index contributed by atoms with van der Waals surface area (Å²) in [5.74, 6) is 4.27. The van der Waals surface area contributed by atoms with Crippen molar-refractivity contribution in [2.45, 2.75) is 32.4 Å². The number of hydrogen-bond acceptors (Lipinski definition) is 6. The molecular formula is C15H28IN7O2S2. The normalized spacial score (nSPS) is 21.3. The van der Waals surface area contributed by atoms with Crippen molar-refractivity contribution in [3.63, 3.8) is 0 Å². The summed E-state index contributed by atoms with van der Waals surface area (Å²) in [4.78, 5) is 8.62. The van der Waals surface area contributed by atoms with Crippen LogP contribution in [0, 0.1) is 6.92 Å². The number of guanidine groups is 1. The first-order valence-corrected chi connectivity index (χ1v) is 11.7. The van der Waals surface area contributed by atoms with Crippen LogP contribution in [0.1, 0.15) is 18.1 Å². The van der Waals surface area contributed by atoms with Crippen molar-refractivity contribution in [2.24, 2.45) is 4.99 Å². The van der Waals surface area contributed by atoms with Gasteiger partial charge in [0.2, 0.25) is 10.0 Å². The molecule has 1 fully saturated rings. The minimum absolute atomic E-state index is 0. The second-order valence-corrected chi connectivity index (χ2v) is 9.78. The van der Waals surface area contributed by atoms with Gasteiger partial charge in [0.25, 0.3) is 0 Å². The van der Waals surface area contributed by atoms with Gasteiger partial charge < -0.3 is 10.6 Å². The highest BCUT2D eigenvalue weighted by atomic mass is 127. The van der Waals surface area contributed by atoms with Gasteiger partial charge in [-0.2, -0.15) is 16.9 Å². The first kappa shape index (κ1) is 22.7. The molecule has 154 valence electrons. The number of nitrogens with zero attached hydrogens (tertiary/aromatic N) is 5. The first-order valence-electron chi connectivity index (χ1n) is 8.91. The molecule has 27 heavy (non-hydrogen) atoms. The zero-order valence-electron chi connectivity index (χ0n) is 15.7. The molecule has 3 rings (SSSR count). The third-order valence-corrected chi connectivity index (χ3v) is 7.36. The molecule has 1 aromatic heterocycles. The second-order valence-electron chi connectivity index (χ2n) is 6.46. The molecule has 0 radical (unpaired) electrons. The fourth-order valence-corrected chi connectivity index (χ4v) is 5.68. The molecule has 1 saturated heterocycles. The van der Waals surface area contributed by atoms with Crippen molar-refractivity contribution in [3.05, 3.63) is 11.6 Å². The lowest BCUT2D eigenvalue weighted by Gasteiger charge is -2.27. The van der Waals surface area contributed by atoms with Crippen molar-refractivity contribution in [1.29, 1.82) is 0 Å². The number of halogens is 1. The zero-order valence-corrected chi connectivity index (χ0v) is 19.7. The van der Waals surface area contributed by atoms with Gasteiger partial charge in [0, 0.05) is 50.7 Å². The maximum Gasteiger partial charge on any atom is 0.215 e. The standard InChI is InChI=1S/C15H27N7O2S2.HI/c1-12-18-14-4-3-13(11-22(14)20-12)19-15(16-2)17-5-10-26(23,24)21-6-8-25-9-7-21;/h13H,3-11H2,1-2H3,(H2,16,17,19);1H. The lowest BCUT2D eigenvalue weighted by molar-refractivity contribution is 0.392. The molecule has 0 amide bonds. The minimum atomic E-state index is -3.21. The summed E-state index contributed by atoms with van der Waals surface area (Å²) in [7, 11) is -1.51. The highest BCUT2D eigenvalue weighted by Gasteiger charge is 2.24. The zero-order chi connectivity index (χ0) is 18.6. The van der Waals surface area contributed by atoms with E-state index in [1.807, 2.05) is 11.6 Å². The Morgan fingerprint density at radius 2 is 2.11 bits per heavy atom. The second kappa shape index (κ2) is 10.3. The average molecular weight is 529 g/mol. The van der Waals surface area contributed by atoms with Crippen LogP contribution in [0.5, 0.6) is 0 Å². The number of thioether (sulfide) groups is 1. The summed E-state index contributed by atoms with van der Waals surface area (Å²) in [6.45, 7) is 4.20. The Morgan fingerprint density at radius 1 is 1.37 bits per heavy atom. The molecule has 0 spiro atoms. The Hall–Kier alpha value is -0.600. The molecule has 2 N–H and O–H groups in total. The maximum absolute atomic E-state index is 12.4. The topological polar surface area (TPSA) is 105 Å². The Morgan fingerprint density at radius 3 is 2.81 bits per heavy atom. The molecule has 1 atom stereocenters. The molecule has 2 aliphatic rings. The van der Waals surface area contributed by atoms with Crippen molar-refractivity contribution < 1.29 is 8.42 Å². The highest BCUT2D eigenvalue weighted by Crippen LogP contribution is 2.14. The first-order chi connectivity index (χ1) is 12.5. The molecule has 2 aliphatic heterocycles. The van der Waals surface area contributed by atoms with E-state index in [0.29, 0.717) is 25.6 Å². The number of rotatable bonds is 5. The Bertz CT molecular complexity index is 747. The van der Waals surface area contributed by atoms with Crippen LogP contribution in [0.2, 0.25) is 0 Å². The van der Waals surface area contributed by atoms with E-state index in [1.54, 1.807) is 23.1 Å². The van der Waals surface area contributed by atoms with E-state index >= 15 is 0 Å². The number of hydrogen-bond donors (Lipinski definition) is 2. The van der Waals surface area contributed by atoms with E-state index in [4.69, 9.17) is 0 Å². The predicted octanol–water partition coefficient (Wildman–Crippen LogP) is 0.0629. The summed E-state index contributed by atoms with van der Waals surface area (Å²) in [5, 5.41) is 10.9. The van der Waals surface area contributed by atoms with Crippen molar-refractivity contribution in [3.8, 4) is 0 Å². The van der Waals surface area contributed by atoms with Crippen molar-refractivity contribution in [1.82, 2.24) is 29.7 Å². The molecule has 1 aromatic rings. The number of nitrogens with one attached hydrogen (secondary N) is 2. The number of aromatic nitrogens is 3. The minimum Gasteiger partial charge on any atom is -0.355 e. The number of sulfonamides is 1. The van der Waals surface area contributed by atoms with E-state index in [-0.39, 0.29) is 35.8 Å². The average Bonchev–Trinajstić information content (AvgIpc) is 3.00. The Kier molecular flexibility index (Phi) is 8.62. The lowest BCUT2D eigenvalue weighted by atomic mass is 10.1. The van der Waals surface area contributed by atoms with Crippen LogP contribution in [0.3, 0.4) is 0 Å². The third kappa shape index (κ3) is 6.19. The van der Waals surface area contributed by atoms with E-state index in [9.17, 15) is 8.42 Å². The van der Waals surface area contributed by atoms with Gasteiger partial charge in [-0.3, -0.25) is 4.99 Å². The van der Waals surface area contributed by atoms with E-state index in [2.05, 4.69) is 25.7 Å². The van der Waals surface area contributed by atoms with E-state index < -0.39 is 10.0 Å². The van der Waals surface area contributed by atoms with Crippen LogP contribution in [-0.2, 0) is 23.0 Å². The van der Waals surface area contributed by atoms with Crippen molar-refractivity contribution in [2.75, 3.05) is 43.9 Å². The molecule has 9 nitrogen and oxygen atoms in total. The smallest absolute Gasteiger partial charge is 0.215 e. The van der Waals surface area contributed by atoms with Crippen LogP contribution < -0.4 is 10.6 Å². The lowest BCUT2D eigenvalue weighted by Crippen LogP contribution is -2.48. The predicted molar refractivity (Wildman–Crippen MR) is 119 cm³/mol. The fourth-order valence-electron chi connectivity index (χ4n) is 3.19. The van der Waals surface area contributed by atoms with E-state index in [1.165, 1.54) is 0 Å². The molecule has 0 saturated carbocycles. The molecule has 1 unspecified atom stereocenters. The Labute approximate surface area is 182 Å². The summed E-state index contributed by atoms with van der Waals surface area (Å²) >= 11 is 1.80. The number of fused-ring (bicyclic) bond motifs is 1. The van der Waals surface area contributed by atoms with Gasteiger partial charge in [-0.25, -0.2) is 22.4 Å². The van der Waals surface area contributed by atoms with Gasteiger partial charge in [-0.1, -0.05) is 0 Å². The summed E-state index contributed by atoms with van der Waals surface area (Å²) in [6.07, 6.45) is 1.82. The van der Waals surface area contributed by atoms with Crippen LogP contribution in [0.25, 0.3) is 0 Å². The van der Waals surface area contributed by atoms with Gasteiger partial charge in [0.1, 0.15) is 11.6 Å². The van der Waals surface area contributed by atoms with Crippen LogP contribution in [0.15, 0.2) is 4.99 Å². The quantitative estimate of drug-likeness (QED) is 0.316. The largest absolute Gasteiger partial charge is 0.355 e. The number of aliphatic imine (C=N–C) groups is 1. The maximum atomic E-state index is 12.4. The van der Waals surface area contributed by atoms with Gasteiger partial charge >= 0.3 is 0 Å². The summed E-state index contributed by atoms with van der Waals surface area (Å²) in [5.41, 5.74) is 0. The highest BCUT2D eigenvalue weighted by molar-refractivity contribution is 14.0. The van der Waals surface area contributed by atoms with Gasteiger partial charge in [0.15, 0.2) is 5.96 Å². The summed E-state index contributed by atoms with van der Waals surface area (Å²) < 4.78 is 28.3. The van der Waals surface area contributed by atoms with Crippen LogP contribution in [0.4, 0.5) is 0 Å². The van der Waals surface area contributed by atoms with Crippen LogP contribution >= 0.6 is 35.7 Å². The molecule has 0 aliphatic carbocycles. The molecule has 0 bridgehead atoms. The molecular weight excluding hydrogens is 501 g/mol. The molecule has 0 aromatic carbocycles. The van der Waals surface area contributed by atoms with E-state index in [0.717, 1.165) is 42.5 Å². The van der Waals surface area contributed by atoms with Gasteiger partial charge in [-0.05, 0) is 13.3 Å². The molecule has 12 heteroatoms. The summed E-state index contributed by atoms with van der Waals surface area (Å²) in [6, 6.07) is 0.200. The van der Waals surface area contributed by atoms with Crippen molar-refractivity contribution >= 4 is 51.7 Å².